The van der Waals surface area contributed by atoms with Crippen molar-refractivity contribution in [3.63, 3.8) is 0 Å². The summed E-state index contributed by atoms with van der Waals surface area (Å²) >= 11 is 0. The lowest BCUT2D eigenvalue weighted by Crippen LogP contribution is -2.49. The molecule has 0 radical (unpaired) electrons. The van der Waals surface area contributed by atoms with Crippen molar-refractivity contribution in [1.29, 1.82) is 0 Å². The third kappa shape index (κ3) is 6.28. The van der Waals surface area contributed by atoms with Crippen LogP contribution in [0.3, 0.4) is 0 Å². The van der Waals surface area contributed by atoms with E-state index in [-0.39, 0.29) is 41.9 Å². The molecule has 0 atom stereocenters. The maximum Gasteiger partial charge on any atom is 0.251 e. The van der Waals surface area contributed by atoms with Gasteiger partial charge in [0.1, 0.15) is 5.75 Å². The van der Waals surface area contributed by atoms with Gasteiger partial charge in [0.25, 0.3) is 5.91 Å². The van der Waals surface area contributed by atoms with Gasteiger partial charge in [-0.25, -0.2) is 8.42 Å². The zero-order chi connectivity index (χ0) is 22.3. The molecule has 1 aliphatic heterocycles. The maximum absolute atomic E-state index is 12.8. The van der Waals surface area contributed by atoms with Crippen LogP contribution in [0.1, 0.15) is 28.8 Å². The second-order valence-corrected chi connectivity index (χ2v) is 9.28. The molecule has 1 heterocycles. The van der Waals surface area contributed by atoms with E-state index in [4.69, 9.17) is 4.74 Å². The van der Waals surface area contributed by atoms with Crippen LogP contribution in [0.4, 0.5) is 0 Å². The van der Waals surface area contributed by atoms with Crippen molar-refractivity contribution >= 4 is 21.8 Å². The minimum atomic E-state index is -3.84. The van der Waals surface area contributed by atoms with Crippen LogP contribution in [0.15, 0.2) is 53.4 Å². The van der Waals surface area contributed by atoms with Gasteiger partial charge in [0, 0.05) is 25.2 Å². The molecule has 0 unspecified atom stereocenters. The molecule has 1 saturated heterocycles. The number of carbonyl (C=O) groups is 2. The predicted octanol–water partition coefficient (Wildman–Crippen LogP) is 1.70. The number of piperazine rings is 1. The number of ether oxygens (including phenoxy) is 1. The maximum atomic E-state index is 12.8. The van der Waals surface area contributed by atoms with Crippen molar-refractivity contribution < 1.29 is 22.7 Å². The van der Waals surface area contributed by atoms with E-state index in [0.29, 0.717) is 13.2 Å². The van der Waals surface area contributed by atoms with E-state index in [2.05, 4.69) is 10.6 Å². The number of rotatable bonds is 9. The molecule has 1 aliphatic rings. The second-order valence-electron chi connectivity index (χ2n) is 7.34. The van der Waals surface area contributed by atoms with Gasteiger partial charge in [0.2, 0.25) is 15.9 Å². The SMILES string of the molecule is Cc1ccc(OCCCCNC(=O)c2cccc(S(=O)(=O)N3CCNC(=O)C3)c2)cc1. The number of carbonyl (C=O) groups excluding carboxylic acids is 2. The first-order valence-corrected chi connectivity index (χ1v) is 11.6. The molecule has 31 heavy (non-hydrogen) atoms. The molecule has 2 amide bonds. The highest BCUT2D eigenvalue weighted by molar-refractivity contribution is 7.89. The van der Waals surface area contributed by atoms with Gasteiger partial charge in [0.05, 0.1) is 18.0 Å². The fourth-order valence-corrected chi connectivity index (χ4v) is 4.57. The normalized spacial score (nSPS) is 14.7. The highest BCUT2D eigenvalue weighted by Crippen LogP contribution is 2.18. The Morgan fingerprint density at radius 2 is 1.94 bits per heavy atom. The van der Waals surface area contributed by atoms with Crippen LogP contribution in [-0.4, -0.2) is 57.3 Å². The number of hydrogen-bond acceptors (Lipinski definition) is 5. The average molecular weight is 446 g/mol. The molecule has 8 nitrogen and oxygen atoms in total. The molecule has 1 fully saturated rings. The monoisotopic (exact) mass is 445 g/mol. The molecule has 9 heteroatoms. The predicted molar refractivity (Wildman–Crippen MR) is 116 cm³/mol. The van der Waals surface area contributed by atoms with Gasteiger partial charge < -0.3 is 15.4 Å². The van der Waals surface area contributed by atoms with Crippen LogP contribution in [0.5, 0.6) is 5.75 Å². The zero-order valence-corrected chi connectivity index (χ0v) is 18.3. The number of sulfonamides is 1. The first-order valence-electron chi connectivity index (χ1n) is 10.2. The molecule has 0 saturated carbocycles. The lowest BCUT2D eigenvalue weighted by atomic mass is 10.2. The molecule has 0 bridgehead atoms. The Hall–Kier alpha value is -2.91. The van der Waals surface area contributed by atoms with Crippen LogP contribution in [-0.2, 0) is 14.8 Å². The third-order valence-electron chi connectivity index (χ3n) is 4.88. The summed E-state index contributed by atoms with van der Waals surface area (Å²) in [6, 6.07) is 13.7. The van der Waals surface area contributed by atoms with Crippen molar-refractivity contribution in [2.75, 3.05) is 32.8 Å². The molecular formula is C22H27N3O5S. The Morgan fingerprint density at radius 3 is 2.68 bits per heavy atom. The summed E-state index contributed by atoms with van der Waals surface area (Å²) < 4.78 is 32.3. The van der Waals surface area contributed by atoms with E-state index in [0.717, 1.165) is 22.9 Å². The van der Waals surface area contributed by atoms with E-state index < -0.39 is 10.0 Å². The van der Waals surface area contributed by atoms with E-state index in [1.807, 2.05) is 31.2 Å². The lowest BCUT2D eigenvalue weighted by molar-refractivity contribution is -0.122. The lowest BCUT2D eigenvalue weighted by Gasteiger charge is -2.26. The Kier molecular flexibility index (Phi) is 7.64. The molecule has 3 rings (SSSR count). The summed E-state index contributed by atoms with van der Waals surface area (Å²) in [5, 5.41) is 5.40. The Morgan fingerprint density at radius 1 is 1.16 bits per heavy atom. The molecule has 0 aromatic heterocycles. The minimum absolute atomic E-state index is 0.00125. The molecule has 0 aliphatic carbocycles. The van der Waals surface area contributed by atoms with Crippen molar-refractivity contribution in [3.8, 4) is 5.75 Å². The number of aryl methyl sites for hydroxylation is 1. The van der Waals surface area contributed by atoms with E-state index in [1.54, 1.807) is 6.07 Å². The highest BCUT2D eigenvalue weighted by Gasteiger charge is 2.29. The number of unbranched alkanes of at least 4 members (excludes halogenated alkanes) is 1. The molecule has 0 spiro atoms. The van der Waals surface area contributed by atoms with Crippen molar-refractivity contribution in [2.24, 2.45) is 0 Å². The zero-order valence-electron chi connectivity index (χ0n) is 17.5. The van der Waals surface area contributed by atoms with Gasteiger partial charge in [-0.15, -0.1) is 0 Å². The first-order chi connectivity index (χ1) is 14.9. The summed E-state index contributed by atoms with van der Waals surface area (Å²) in [6.07, 6.45) is 1.51. The number of benzene rings is 2. The summed E-state index contributed by atoms with van der Waals surface area (Å²) in [4.78, 5) is 23.9. The van der Waals surface area contributed by atoms with Gasteiger partial charge in [-0.2, -0.15) is 4.31 Å². The molecule has 2 aromatic carbocycles. The van der Waals surface area contributed by atoms with Crippen LogP contribution in [0.25, 0.3) is 0 Å². The summed E-state index contributed by atoms with van der Waals surface area (Å²) in [6.45, 7) is 3.28. The largest absolute Gasteiger partial charge is 0.494 e. The number of nitrogens with one attached hydrogen (secondary N) is 2. The Balaban J connectivity index is 1.47. The minimum Gasteiger partial charge on any atom is -0.494 e. The molecule has 2 N–H and O–H groups in total. The van der Waals surface area contributed by atoms with Gasteiger partial charge >= 0.3 is 0 Å². The third-order valence-corrected chi connectivity index (χ3v) is 6.72. The number of amides is 2. The van der Waals surface area contributed by atoms with E-state index in [9.17, 15) is 18.0 Å². The Bertz CT molecular complexity index is 1020. The first kappa shape index (κ1) is 22.8. The summed E-state index contributed by atoms with van der Waals surface area (Å²) in [5.41, 5.74) is 1.44. The van der Waals surface area contributed by atoms with E-state index in [1.165, 1.54) is 23.8 Å². The topological polar surface area (TPSA) is 105 Å². The van der Waals surface area contributed by atoms with Gasteiger partial charge in [0.15, 0.2) is 0 Å². The summed E-state index contributed by atoms with van der Waals surface area (Å²) in [7, 11) is -3.84. The Labute approximate surface area is 182 Å². The van der Waals surface area contributed by atoms with Gasteiger partial charge in [-0.1, -0.05) is 23.8 Å². The van der Waals surface area contributed by atoms with Crippen LogP contribution in [0, 0.1) is 6.92 Å². The van der Waals surface area contributed by atoms with Crippen LogP contribution in [0.2, 0.25) is 0 Å². The van der Waals surface area contributed by atoms with Gasteiger partial charge in [-0.3, -0.25) is 9.59 Å². The second kappa shape index (κ2) is 10.4. The molecular weight excluding hydrogens is 418 g/mol. The van der Waals surface area contributed by atoms with Gasteiger partial charge in [-0.05, 0) is 50.1 Å². The molecule has 166 valence electrons. The molecule has 2 aromatic rings. The van der Waals surface area contributed by atoms with Crippen LogP contribution < -0.4 is 15.4 Å². The van der Waals surface area contributed by atoms with Crippen LogP contribution >= 0.6 is 0 Å². The summed E-state index contributed by atoms with van der Waals surface area (Å²) in [5.74, 6) is 0.141. The average Bonchev–Trinajstić information content (AvgIpc) is 2.77. The van der Waals surface area contributed by atoms with Crippen molar-refractivity contribution in [1.82, 2.24) is 14.9 Å². The van der Waals surface area contributed by atoms with Crippen molar-refractivity contribution in [3.05, 3.63) is 59.7 Å². The van der Waals surface area contributed by atoms with Crippen molar-refractivity contribution in [2.45, 2.75) is 24.7 Å². The van der Waals surface area contributed by atoms with E-state index >= 15 is 0 Å². The fraction of sp³-hybridized carbons (Fsp3) is 0.364. The highest BCUT2D eigenvalue weighted by atomic mass is 32.2. The number of hydrogen-bond donors (Lipinski definition) is 2. The smallest absolute Gasteiger partial charge is 0.251 e. The number of nitrogens with zero attached hydrogens (tertiary/aromatic N) is 1. The quantitative estimate of drug-likeness (QED) is 0.572. The fourth-order valence-electron chi connectivity index (χ4n) is 3.12. The standard InChI is InChI=1S/C22H27N3O5S/c1-17-7-9-19(10-8-17)30-14-3-2-11-24-22(27)18-5-4-6-20(15-18)31(28,29)25-13-12-23-21(26)16-25/h4-10,15H,2-3,11-14,16H2,1H3,(H,23,26)(H,24,27).